The van der Waals surface area contributed by atoms with Crippen molar-refractivity contribution >= 4 is 11.6 Å². The Morgan fingerprint density at radius 1 is 0.525 bits per heavy atom. The van der Waals surface area contributed by atoms with Crippen LogP contribution in [0.4, 0.5) is 0 Å². The molecule has 2 aliphatic carbocycles. The number of benzene rings is 2. The van der Waals surface area contributed by atoms with Crippen LogP contribution in [0.2, 0.25) is 0 Å². The number of hydrogen-bond acceptors (Lipinski definition) is 8. The molecule has 0 saturated heterocycles. The lowest BCUT2D eigenvalue weighted by molar-refractivity contribution is 0.0101. The van der Waals surface area contributed by atoms with Gasteiger partial charge in [-0.2, -0.15) is 0 Å². The van der Waals surface area contributed by atoms with Crippen molar-refractivity contribution in [2.24, 2.45) is 10.8 Å². The van der Waals surface area contributed by atoms with E-state index in [9.17, 15) is 9.59 Å². The van der Waals surface area contributed by atoms with Gasteiger partial charge >= 0.3 is 0 Å². The number of rotatable bonds is 9. The highest BCUT2D eigenvalue weighted by molar-refractivity contribution is 6.14. The highest BCUT2D eigenvalue weighted by atomic mass is 16.5. The summed E-state index contributed by atoms with van der Waals surface area (Å²) < 4.78 is 34.6. The largest absolute Gasteiger partial charge is 0.496 e. The minimum atomic E-state index is -0.949. The lowest BCUT2D eigenvalue weighted by atomic mass is 9.48. The molecule has 0 spiro atoms. The lowest BCUT2D eigenvalue weighted by Crippen LogP contribution is -2.55. The second-order valence-corrected chi connectivity index (χ2v) is 10.7. The molecule has 0 saturated carbocycles. The molecule has 0 amide bonds. The standard InChI is InChI=1S/C32H42O8/c1-11-31(15-13-19-21(29(31)33)23(35-5)17(3)25(37-7)27(19)39-9)32(12-2)16-14-20-22(30(32)34)24(36-6)18(4)26(38-8)28(20)40-10/h11-16H2,1-10H3/t31-,32-/m1/s1. The summed E-state index contributed by atoms with van der Waals surface area (Å²) in [5, 5.41) is 0. The van der Waals surface area contributed by atoms with Gasteiger partial charge in [-0.05, 0) is 52.4 Å². The zero-order chi connectivity index (χ0) is 29.6. The minimum Gasteiger partial charge on any atom is -0.496 e. The monoisotopic (exact) mass is 554 g/mol. The van der Waals surface area contributed by atoms with E-state index in [0.717, 1.165) is 11.1 Å². The first-order chi connectivity index (χ1) is 19.1. The number of hydrogen-bond donors (Lipinski definition) is 0. The van der Waals surface area contributed by atoms with Crippen LogP contribution < -0.4 is 28.4 Å². The molecule has 2 aromatic carbocycles. The summed E-state index contributed by atoms with van der Waals surface area (Å²) in [6.07, 6.45) is 3.12. The molecule has 218 valence electrons. The normalized spacial score (nSPS) is 21.9. The van der Waals surface area contributed by atoms with Gasteiger partial charge in [-0.15, -0.1) is 0 Å². The Morgan fingerprint density at radius 2 is 0.825 bits per heavy atom. The summed E-state index contributed by atoms with van der Waals surface area (Å²) >= 11 is 0. The van der Waals surface area contributed by atoms with Crippen molar-refractivity contribution in [1.29, 1.82) is 0 Å². The molecular weight excluding hydrogens is 512 g/mol. The molecule has 4 rings (SSSR count). The molecule has 8 nitrogen and oxygen atoms in total. The number of ketones is 2. The van der Waals surface area contributed by atoms with Crippen LogP contribution in [0.25, 0.3) is 0 Å². The van der Waals surface area contributed by atoms with Crippen molar-refractivity contribution in [2.75, 3.05) is 42.7 Å². The third-order valence-corrected chi connectivity index (χ3v) is 9.66. The van der Waals surface area contributed by atoms with Gasteiger partial charge in [0.1, 0.15) is 11.5 Å². The summed E-state index contributed by atoms with van der Waals surface area (Å²) in [7, 11) is 9.47. The Kier molecular flexibility index (Phi) is 8.03. The molecule has 2 aliphatic rings. The maximum Gasteiger partial charge on any atom is 0.174 e. The molecule has 0 N–H and O–H groups in total. The van der Waals surface area contributed by atoms with E-state index < -0.39 is 10.8 Å². The highest BCUT2D eigenvalue weighted by Gasteiger charge is 2.62. The van der Waals surface area contributed by atoms with Gasteiger partial charge in [-0.1, -0.05) is 13.8 Å². The van der Waals surface area contributed by atoms with Crippen LogP contribution >= 0.6 is 0 Å². The van der Waals surface area contributed by atoms with Gasteiger partial charge in [-0.25, -0.2) is 0 Å². The number of Topliss-reactive ketones (excluding diaryl/α,β-unsaturated/α-hetero) is 2. The third kappa shape index (κ3) is 3.63. The zero-order valence-electron chi connectivity index (χ0n) is 25.5. The predicted molar refractivity (Wildman–Crippen MR) is 152 cm³/mol. The van der Waals surface area contributed by atoms with Gasteiger partial charge in [0.15, 0.2) is 34.6 Å². The van der Waals surface area contributed by atoms with Crippen molar-refractivity contribution in [3.05, 3.63) is 33.4 Å². The van der Waals surface area contributed by atoms with Crippen molar-refractivity contribution in [2.45, 2.75) is 66.2 Å². The molecule has 2 aromatic rings. The van der Waals surface area contributed by atoms with Crippen LogP contribution in [0.1, 0.15) is 82.5 Å². The van der Waals surface area contributed by atoms with E-state index in [2.05, 4.69) is 0 Å². The number of carbonyl (C=O) groups excluding carboxylic acids is 2. The summed E-state index contributed by atoms with van der Waals surface area (Å²) in [5.41, 5.74) is 2.02. The highest BCUT2D eigenvalue weighted by Crippen LogP contribution is 2.62. The van der Waals surface area contributed by atoms with E-state index in [1.54, 1.807) is 42.7 Å². The summed E-state index contributed by atoms with van der Waals surface area (Å²) in [5.74, 6) is 3.02. The van der Waals surface area contributed by atoms with E-state index in [4.69, 9.17) is 28.4 Å². The Bertz CT molecular complexity index is 1260. The van der Waals surface area contributed by atoms with Gasteiger partial charge in [0.05, 0.1) is 53.8 Å². The number of carbonyl (C=O) groups is 2. The van der Waals surface area contributed by atoms with Crippen molar-refractivity contribution < 1.29 is 38.0 Å². The molecule has 0 unspecified atom stereocenters. The zero-order valence-corrected chi connectivity index (χ0v) is 25.5. The first kappa shape index (κ1) is 29.6. The first-order valence-electron chi connectivity index (χ1n) is 13.9. The van der Waals surface area contributed by atoms with Crippen LogP contribution in [0, 0.1) is 24.7 Å². The van der Waals surface area contributed by atoms with E-state index in [-0.39, 0.29) is 11.6 Å². The summed E-state index contributed by atoms with van der Waals surface area (Å²) in [6, 6.07) is 0. The average molecular weight is 555 g/mol. The number of fused-ring (bicyclic) bond motifs is 2. The predicted octanol–water partition coefficient (Wildman–Crippen LogP) is 6.11. The van der Waals surface area contributed by atoms with Gasteiger partial charge in [0.2, 0.25) is 0 Å². The maximum absolute atomic E-state index is 14.9. The first-order valence-corrected chi connectivity index (χ1v) is 13.9. The fourth-order valence-corrected chi connectivity index (χ4v) is 7.74. The smallest absolute Gasteiger partial charge is 0.174 e. The van der Waals surface area contributed by atoms with Crippen molar-refractivity contribution in [3.63, 3.8) is 0 Å². The second kappa shape index (κ2) is 10.9. The fourth-order valence-electron chi connectivity index (χ4n) is 7.74. The van der Waals surface area contributed by atoms with E-state index in [1.807, 2.05) is 27.7 Å². The quantitative estimate of drug-likeness (QED) is 0.367. The van der Waals surface area contributed by atoms with Crippen LogP contribution in [0.3, 0.4) is 0 Å². The average Bonchev–Trinajstić information content (AvgIpc) is 2.97. The SMILES string of the molecule is CC[C@@]1([C@]2(CC)CCc3c(OC)c(OC)c(C)c(OC)c3C2=O)CCc2c(OC)c(OC)c(C)c(OC)c2C1=O. The van der Waals surface area contributed by atoms with E-state index in [0.29, 0.717) is 95.3 Å². The maximum atomic E-state index is 14.9. The summed E-state index contributed by atoms with van der Waals surface area (Å²) in [6.45, 7) is 7.75. The molecular formula is C32H42O8. The number of methoxy groups -OCH3 is 6. The Hall–Kier alpha value is -3.42. The minimum absolute atomic E-state index is 0.0769. The molecule has 8 heteroatoms. The van der Waals surface area contributed by atoms with Crippen LogP contribution in [-0.4, -0.2) is 54.2 Å². The van der Waals surface area contributed by atoms with E-state index >= 15 is 0 Å². The lowest BCUT2D eigenvalue weighted by Gasteiger charge is -2.52. The molecule has 0 aliphatic heterocycles. The summed E-state index contributed by atoms with van der Waals surface area (Å²) in [4.78, 5) is 29.9. The molecule has 40 heavy (non-hydrogen) atoms. The third-order valence-electron chi connectivity index (χ3n) is 9.66. The van der Waals surface area contributed by atoms with Crippen LogP contribution in [0.15, 0.2) is 0 Å². The molecule has 0 bridgehead atoms. The number of ether oxygens (including phenoxy) is 6. The van der Waals surface area contributed by atoms with Crippen molar-refractivity contribution in [3.8, 4) is 34.5 Å². The Morgan fingerprint density at radius 3 is 1.07 bits per heavy atom. The topological polar surface area (TPSA) is 89.5 Å². The van der Waals surface area contributed by atoms with Crippen molar-refractivity contribution in [1.82, 2.24) is 0 Å². The van der Waals surface area contributed by atoms with Gasteiger partial charge in [-0.3, -0.25) is 9.59 Å². The Balaban J connectivity index is 2.02. The molecule has 0 radical (unpaired) electrons. The molecule has 0 fully saturated rings. The van der Waals surface area contributed by atoms with Gasteiger partial charge < -0.3 is 28.4 Å². The van der Waals surface area contributed by atoms with Gasteiger partial charge in [0.25, 0.3) is 0 Å². The molecule has 0 heterocycles. The van der Waals surface area contributed by atoms with Crippen LogP contribution in [-0.2, 0) is 12.8 Å². The molecule has 2 atom stereocenters. The van der Waals surface area contributed by atoms with E-state index in [1.165, 1.54) is 0 Å². The second-order valence-electron chi connectivity index (χ2n) is 10.7. The fraction of sp³-hybridized carbons (Fsp3) is 0.562. The molecule has 0 aromatic heterocycles. The van der Waals surface area contributed by atoms with Crippen LogP contribution in [0.5, 0.6) is 34.5 Å². The Labute approximate surface area is 237 Å². The van der Waals surface area contributed by atoms with Gasteiger partial charge in [0, 0.05) is 33.1 Å².